The quantitative estimate of drug-likeness (QED) is 0.595. The lowest BCUT2D eigenvalue weighted by atomic mass is 10.1. The van der Waals surface area contributed by atoms with Crippen LogP contribution in [-0.4, -0.2) is 61.4 Å². The third kappa shape index (κ3) is 5.13. The van der Waals surface area contributed by atoms with Crippen LogP contribution in [0.3, 0.4) is 0 Å². The zero-order chi connectivity index (χ0) is 21.1. The highest BCUT2D eigenvalue weighted by molar-refractivity contribution is 7.89. The van der Waals surface area contributed by atoms with Crippen LogP contribution in [0.15, 0.2) is 23.1 Å². The number of benzene rings is 1. The first kappa shape index (κ1) is 22.4. The first-order chi connectivity index (χ1) is 13.1. The number of rotatable bonds is 7. The van der Waals surface area contributed by atoms with Gasteiger partial charge in [0.1, 0.15) is 12.1 Å². The van der Waals surface area contributed by atoms with Crippen molar-refractivity contribution >= 4 is 51.1 Å². The van der Waals surface area contributed by atoms with Crippen molar-refractivity contribution in [3.8, 4) is 0 Å². The molecule has 1 heterocycles. The molecule has 1 fully saturated rings. The van der Waals surface area contributed by atoms with Crippen LogP contribution in [0.2, 0.25) is 10.0 Å². The van der Waals surface area contributed by atoms with Crippen molar-refractivity contribution in [1.29, 1.82) is 0 Å². The molecule has 0 saturated carbocycles. The normalized spacial score (nSPS) is 18.5. The van der Waals surface area contributed by atoms with E-state index in [9.17, 15) is 22.8 Å². The summed E-state index contributed by atoms with van der Waals surface area (Å²) < 4.78 is 31.4. The van der Waals surface area contributed by atoms with Gasteiger partial charge in [0.25, 0.3) is 0 Å². The van der Waals surface area contributed by atoms with Gasteiger partial charge in [-0.1, -0.05) is 23.2 Å². The lowest BCUT2D eigenvalue weighted by molar-refractivity contribution is -0.149. The fraction of sp³-hybridized carbons (Fsp3) is 0.438. The molecule has 1 aliphatic heterocycles. The average molecular weight is 453 g/mol. The second-order valence-electron chi connectivity index (χ2n) is 6.06. The Kier molecular flexibility index (Phi) is 7.27. The van der Waals surface area contributed by atoms with Crippen molar-refractivity contribution in [2.24, 2.45) is 0 Å². The van der Waals surface area contributed by atoms with Crippen LogP contribution in [0, 0.1) is 0 Å². The van der Waals surface area contributed by atoms with Gasteiger partial charge in [-0.3, -0.25) is 9.59 Å². The second-order valence-corrected chi connectivity index (χ2v) is 8.82. The van der Waals surface area contributed by atoms with Gasteiger partial charge in [-0.05, 0) is 31.0 Å². The molecule has 0 spiro atoms. The predicted octanol–water partition coefficient (Wildman–Crippen LogP) is 1.28. The molecular weight excluding hydrogens is 435 g/mol. The molecule has 0 radical (unpaired) electrons. The Hall–Kier alpha value is -1.88. The standard InChI is InChI=1S/C16H18Cl2N2O7S/c1-27-16(24)12(8-14(21)22)19-15(23)13-3-2-4-20(13)28(25,26)11-6-9(17)5-10(18)7-11/h5-7,12-13H,2-4,8H2,1H3,(H,19,23)(H,21,22)/t12-,13+/m1/s1. The number of halogens is 2. The van der Waals surface area contributed by atoms with E-state index in [4.69, 9.17) is 28.3 Å². The zero-order valence-electron chi connectivity index (χ0n) is 14.7. The van der Waals surface area contributed by atoms with Gasteiger partial charge in [0.05, 0.1) is 18.4 Å². The lowest BCUT2D eigenvalue weighted by Crippen LogP contribution is -2.51. The fourth-order valence-corrected chi connectivity index (χ4v) is 5.26. The molecule has 28 heavy (non-hydrogen) atoms. The molecule has 1 aromatic carbocycles. The summed E-state index contributed by atoms with van der Waals surface area (Å²) in [5.41, 5.74) is 0. The van der Waals surface area contributed by atoms with E-state index in [2.05, 4.69) is 10.1 Å². The predicted molar refractivity (Wildman–Crippen MR) is 99.6 cm³/mol. The van der Waals surface area contributed by atoms with Gasteiger partial charge in [0.15, 0.2) is 0 Å². The van der Waals surface area contributed by atoms with E-state index in [1.165, 1.54) is 18.2 Å². The van der Waals surface area contributed by atoms with Crippen LogP contribution in [0.1, 0.15) is 19.3 Å². The lowest BCUT2D eigenvalue weighted by Gasteiger charge is -2.25. The van der Waals surface area contributed by atoms with Crippen molar-refractivity contribution in [2.75, 3.05) is 13.7 Å². The van der Waals surface area contributed by atoms with Gasteiger partial charge >= 0.3 is 11.9 Å². The number of nitrogens with zero attached hydrogens (tertiary/aromatic N) is 1. The smallest absolute Gasteiger partial charge is 0.328 e. The summed E-state index contributed by atoms with van der Waals surface area (Å²) in [4.78, 5) is 35.1. The molecule has 1 aliphatic rings. The molecule has 1 saturated heterocycles. The number of ether oxygens (including phenoxy) is 1. The van der Waals surface area contributed by atoms with Crippen LogP contribution in [0.5, 0.6) is 0 Å². The average Bonchev–Trinajstić information content (AvgIpc) is 3.09. The van der Waals surface area contributed by atoms with Crippen molar-refractivity contribution in [3.63, 3.8) is 0 Å². The monoisotopic (exact) mass is 452 g/mol. The molecule has 1 aromatic rings. The molecule has 0 aromatic heterocycles. The van der Waals surface area contributed by atoms with Gasteiger partial charge < -0.3 is 15.2 Å². The molecule has 2 atom stereocenters. The number of amides is 1. The number of carbonyl (C=O) groups excluding carboxylic acids is 2. The van der Waals surface area contributed by atoms with Crippen molar-refractivity contribution in [1.82, 2.24) is 9.62 Å². The molecule has 0 aliphatic carbocycles. The molecule has 9 nitrogen and oxygen atoms in total. The Labute approximate surface area is 171 Å². The zero-order valence-corrected chi connectivity index (χ0v) is 17.1. The number of aliphatic carboxylic acids is 1. The molecule has 2 rings (SSSR count). The minimum absolute atomic E-state index is 0.0758. The number of methoxy groups -OCH3 is 1. The summed E-state index contributed by atoms with van der Waals surface area (Å²) >= 11 is 11.8. The largest absolute Gasteiger partial charge is 0.481 e. The maximum atomic E-state index is 13.0. The van der Waals surface area contributed by atoms with Crippen LogP contribution < -0.4 is 5.32 Å². The molecule has 1 amide bonds. The maximum absolute atomic E-state index is 13.0. The first-order valence-corrected chi connectivity index (χ1v) is 10.3. The number of nitrogens with one attached hydrogen (secondary N) is 1. The van der Waals surface area contributed by atoms with E-state index in [0.29, 0.717) is 6.42 Å². The summed E-state index contributed by atoms with van der Waals surface area (Å²) in [5, 5.41) is 11.4. The Morgan fingerprint density at radius 1 is 1.29 bits per heavy atom. The van der Waals surface area contributed by atoms with Gasteiger partial charge in [-0.2, -0.15) is 4.31 Å². The SMILES string of the molecule is COC(=O)[C@@H](CC(=O)O)NC(=O)[C@@H]1CCCN1S(=O)(=O)c1cc(Cl)cc(Cl)c1. The number of carbonyl (C=O) groups is 3. The minimum atomic E-state index is -4.09. The maximum Gasteiger partial charge on any atom is 0.328 e. The van der Waals surface area contributed by atoms with Crippen LogP contribution in [0.4, 0.5) is 0 Å². The number of esters is 1. The summed E-state index contributed by atoms with van der Waals surface area (Å²) in [5.74, 6) is -3.05. The highest BCUT2D eigenvalue weighted by atomic mass is 35.5. The molecule has 154 valence electrons. The molecular formula is C16H18Cl2N2O7S. The van der Waals surface area contributed by atoms with Gasteiger partial charge in [-0.15, -0.1) is 0 Å². The van der Waals surface area contributed by atoms with Gasteiger partial charge in [0, 0.05) is 16.6 Å². The highest BCUT2D eigenvalue weighted by Crippen LogP contribution is 2.29. The summed E-state index contributed by atoms with van der Waals surface area (Å²) in [6.45, 7) is 0.0758. The Balaban J connectivity index is 2.26. The topological polar surface area (TPSA) is 130 Å². The minimum Gasteiger partial charge on any atom is -0.481 e. The highest BCUT2D eigenvalue weighted by Gasteiger charge is 2.41. The van der Waals surface area contributed by atoms with Crippen molar-refractivity contribution in [2.45, 2.75) is 36.2 Å². The first-order valence-electron chi connectivity index (χ1n) is 8.14. The third-order valence-corrected chi connectivity index (χ3v) is 6.45. The summed E-state index contributed by atoms with van der Waals surface area (Å²) in [6, 6.07) is 1.28. The molecule has 12 heteroatoms. The van der Waals surface area contributed by atoms with E-state index in [1.54, 1.807) is 0 Å². The molecule has 0 bridgehead atoms. The Bertz CT molecular complexity index is 871. The third-order valence-electron chi connectivity index (χ3n) is 4.13. The van der Waals surface area contributed by atoms with E-state index in [1.807, 2.05) is 0 Å². The number of carboxylic acid groups (broad SMARTS) is 1. The number of sulfonamides is 1. The number of hydrogen-bond acceptors (Lipinski definition) is 6. The number of hydrogen-bond donors (Lipinski definition) is 2. The second kappa shape index (κ2) is 9.08. The Morgan fingerprint density at radius 3 is 2.43 bits per heavy atom. The van der Waals surface area contributed by atoms with Gasteiger partial charge in [0.2, 0.25) is 15.9 Å². The van der Waals surface area contributed by atoms with Crippen LogP contribution in [-0.2, 0) is 29.1 Å². The number of carboxylic acids is 1. The molecule has 2 N–H and O–H groups in total. The van der Waals surface area contributed by atoms with E-state index in [-0.39, 0.29) is 27.9 Å². The summed E-state index contributed by atoms with van der Waals surface area (Å²) in [7, 11) is -3.04. The van der Waals surface area contributed by atoms with Crippen LogP contribution in [0.25, 0.3) is 0 Å². The van der Waals surface area contributed by atoms with Crippen molar-refractivity contribution < 1.29 is 32.6 Å². The van der Waals surface area contributed by atoms with Crippen molar-refractivity contribution in [3.05, 3.63) is 28.2 Å². The van der Waals surface area contributed by atoms with E-state index >= 15 is 0 Å². The summed E-state index contributed by atoms with van der Waals surface area (Å²) in [6.07, 6.45) is -0.0739. The fourth-order valence-electron chi connectivity index (χ4n) is 2.88. The van der Waals surface area contributed by atoms with E-state index in [0.717, 1.165) is 11.4 Å². The Morgan fingerprint density at radius 2 is 1.89 bits per heavy atom. The molecule has 0 unspecified atom stereocenters. The van der Waals surface area contributed by atoms with E-state index < -0.39 is 46.4 Å². The van der Waals surface area contributed by atoms with Gasteiger partial charge in [-0.25, -0.2) is 13.2 Å². The van der Waals surface area contributed by atoms with Crippen LogP contribution >= 0.6 is 23.2 Å².